The smallest absolute Gasteiger partial charge is 0.319 e. The summed E-state index contributed by atoms with van der Waals surface area (Å²) >= 11 is 0. The monoisotopic (exact) mass is 626 g/mol. The SMILES string of the molecule is Cc1ccc(NC(=O)NC(C)CN(C)C)cc1C1CCN(Cc2ccc(Oc3cc(F)c(F)cc3F)cc2)CC1.Cl.Cl. The third kappa shape index (κ3) is 9.80. The molecule has 0 radical (unpaired) electrons. The molecule has 0 bridgehead atoms. The molecule has 1 atom stereocenters. The van der Waals surface area contributed by atoms with Crippen LogP contribution in [0.3, 0.4) is 0 Å². The molecule has 230 valence electrons. The van der Waals surface area contributed by atoms with Gasteiger partial charge in [-0.15, -0.1) is 24.8 Å². The number of carbonyl (C=O) groups is 1. The molecule has 2 amide bonds. The summed E-state index contributed by atoms with van der Waals surface area (Å²) in [6.45, 7) is 7.48. The molecule has 0 aliphatic carbocycles. The Labute approximate surface area is 258 Å². The van der Waals surface area contributed by atoms with Crippen molar-refractivity contribution in [2.75, 3.05) is 39.0 Å². The van der Waals surface area contributed by atoms with Crippen LogP contribution in [0.15, 0.2) is 54.6 Å². The summed E-state index contributed by atoms with van der Waals surface area (Å²) in [5, 5.41) is 5.95. The van der Waals surface area contributed by atoms with Crippen molar-refractivity contribution >= 4 is 36.5 Å². The first kappa shape index (κ1) is 35.2. The normalized spacial score (nSPS) is 14.5. The number of rotatable bonds is 9. The van der Waals surface area contributed by atoms with Crippen LogP contribution in [0.2, 0.25) is 0 Å². The summed E-state index contributed by atoms with van der Waals surface area (Å²) in [6, 6.07) is 14.3. The van der Waals surface area contributed by atoms with Gasteiger partial charge in [0.15, 0.2) is 23.2 Å². The van der Waals surface area contributed by atoms with Crippen LogP contribution >= 0.6 is 24.8 Å². The number of aryl methyl sites for hydroxylation is 1. The third-order valence-corrected chi connectivity index (χ3v) is 7.11. The molecule has 3 aromatic rings. The number of piperidine rings is 1. The topological polar surface area (TPSA) is 56.8 Å². The second-order valence-electron chi connectivity index (χ2n) is 10.8. The maximum Gasteiger partial charge on any atom is 0.319 e. The van der Waals surface area contributed by atoms with Gasteiger partial charge in [0.25, 0.3) is 0 Å². The first-order valence-electron chi connectivity index (χ1n) is 13.5. The van der Waals surface area contributed by atoms with E-state index < -0.39 is 17.5 Å². The molecule has 42 heavy (non-hydrogen) atoms. The van der Waals surface area contributed by atoms with Crippen molar-refractivity contribution in [1.82, 2.24) is 15.1 Å². The number of nitrogens with one attached hydrogen (secondary N) is 2. The van der Waals surface area contributed by atoms with Gasteiger partial charge in [-0.3, -0.25) is 4.90 Å². The number of urea groups is 1. The highest BCUT2D eigenvalue weighted by molar-refractivity contribution is 5.89. The van der Waals surface area contributed by atoms with Crippen LogP contribution in [0.5, 0.6) is 11.5 Å². The predicted octanol–water partition coefficient (Wildman–Crippen LogP) is 7.50. The molecule has 1 aliphatic heterocycles. The first-order valence-corrected chi connectivity index (χ1v) is 13.5. The lowest BCUT2D eigenvalue weighted by atomic mass is 9.86. The van der Waals surface area contributed by atoms with Gasteiger partial charge in [-0.05, 0) is 101 Å². The molecule has 1 unspecified atom stereocenters. The Hall–Kier alpha value is -2.98. The van der Waals surface area contributed by atoms with E-state index >= 15 is 0 Å². The summed E-state index contributed by atoms with van der Waals surface area (Å²) in [6.07, 6.45) is 2.01. The maximum absolute atomic E-state index is 13.9. The second-order valence-corrected chi connectivity index (χ2v) is 10.8. The minimum Gasteiger partial charge on any atom is -0.454 e. The zero-order valence-corrected chi connectivity index (χ0v) is 25.9. The Morgan fingerprint density at radius 2 is 1.62 bits per heavy atom. The van der Waals surface area contributed by atoms with Crippen molar-refractivity contribution in [2.24, 2.45) is 0 Å². The highest BCUT2D eigenvalue weighted by Gasteiger charge is 2.23. The average Bonchev–Trinajstić information content (AvgIpc) is 2.89. The van der Waals surface area contributed by atoms with E-state index in [0.717, 1.165) is 50.3 Å². The van der Waals surface area contributed by atoms with Crippen LogP contribution in [0, 0.1) is 24.4 Å². The van der Waals surface area contributed by atoms with Crippen molar-refractivity contribution in [1.29, 1.82) is 0 Å². The Morgan fingerprint density at radius 3 is 2.26 bits per heavy atom. The lowest BCUT2D eigenvalue weighted by Crippen LogP contribution is -2.41. The Morgan fingerprint density at radius 1 is 0.976 bits per heavy atom. The van der Waals surface area contributed by atoms with Gasteiger partial charge < -0.3 is 20.3 Å². The van der Waals surface area contributed by atoms with Gasteiger partial charge in [0.1, 0.15) is 5.75 Å². The number of hydrogen-bond donors (Lipinski definition) is 2. The van der Waals surface area contributed by atoms with Gasteiger partial charge in [0.05, 0.1) is 0 Å². The van der Waals surface area contributed by atoms with Crippen LogP contribution in [0.4, 0.5) is 23.7 Å². The molecule has 0 saturated carbocycles. The highest BCUT2D eigenvalue weighted by Crippen LogP contribution is 2.33. The van der Waals surface area contributed by atoms with Gasteiger partial charge in [0, 0.05) is 37.0 Å². The minimum atomic E-state index is -1.25. The zero-order valence-electron chi connectivity index (χ0n) is 24.3. The molecular formula is C31H39Cl2F3N4O2. The fourth-order valence-corrected chi connectivity index (χ4v) is 5.18. The summed E-state index contributed by atoms with van der Waals surface area (Å²) in [7, 11) is 3.95. The molecule has 2 N–H and O–H groups in total. The van der Waals surface area contributed by atoms with Gasteiger partial charge in [-0.25, -0.2) is 18.0 Å². The van der Waals surface area contributed by atoms with Crippen molar-refractivity contribution in [3.8, 4) is 11.5 Å². The minimum absolute atomic E-state index is 0. The number of ether oxygens (including phenoxy) is 1. The van der Waals surface area contributed by atoms with E-state index in [1.54, 1.807) is 12.1 Å². The number of nitrogens with zero attached hydrogens (tertiary/aromatic N) is 2. The number of likely N-dealkylation sites (N-methyl/N-ethyl adjacent to an activating group) is 1. The largest absolute Gasteiger partial charge is 0.454 e. The first-order chi connectivity index (χ1) is 19.1. The maximum atomic E-state index is 13.9. The second kappa shape index (κ2) is 16.0. The van der Waals surface area contributed by atoms with E-state index in [0.29, 0.717) is 23.8 Å². The predicted molar refractivity (Wildman–Crippen MR) is 166 cm³/mol. The number of amides is 2. The fourth-order valence-electron chi connectivity index (χ4n) is 5.18. The summed E-state index contributed by atoms with van der Waals surface area (Å²) in [5.41, 5.74) is 4.36. The molecule has 3 aromatic carbocycles. The highest BCUT2D eigenvalue weighted by atomic mass is 35.5. The molecule has 1 aliphatic rings. The zero-order chi connectivity index (χ0) is 28.8. The quantitative estimate of drug-likeness (QED) is 0.242. The number of hydrogen-bond acceptors (Lipinski definition) is 4. The molecule has 11 heteroatoms. The summed E-state index contributed by atoms with van der Waals surface area (Å²) in [4.78, 5) is 16.9. The molecule has 1 heterocycles. The molecule has 0 aromatic heterocycles. The van der Waals surface area contributed by atoms with Gasteiger partial charge in [-0.2, -0.15) is 0 Å². The van der Waals surface area contributed by atoms with Crippen molar-refractivity contribution < 1.29 is 22.7 Å². The number of likely N-dealkylation sites (tertiary alicyclic amines) is 1. The standard InChI is InChI=1S/C31H37F3N4O2.2ClH/c1-20-5-8-24(36-31(39)35-21(2)18-37(3)4)15-26(20)23-11-13-38(14-12-23)19-22-6-9-25(10-7-22)40-30-17-28(33)27(32)16-29(30)34;;/h5-10,15-17,21,23H,11-14,18-19H2,1-4H3,(H2,35,36,39);2*1H. The lowest BCUT2D eigenvalue weighted by molar-refractivity contribution is 0.204. The van der Waals surface area contributed by atoms with E-state index in [4.69, 9.17) is 4.74 Å². The van der Waals surface area contributed by atoms with E-state index in [9.17, 15) is 18.0 Å². The van der Waals surface area contributed by atoms with Gasteiger partial charge >= 0.3 is 6.03 Å². The average molecular weight is 628 g/mol. The van der Waals surface area contributed by atoms with Crippen LogP contribution < -0.4 is 15.4 Å². The fraction of sp³-hybridized carbons (Fsp3) is 0.387. The number of carbonyl (C=O) groups excluding carboxylic acids is 1. The molecule has 0 spiro atoms. The van der Waals surface area contributed by atoms with Crippen LogP contribution in [0.1, 0.15) is 42.4 Å². The van der Waals surface area contributed by atoms with E-state index in [2.05, 4.69) is 34.6 Å². The van der Waals surface area contributed by atoms with Crippen LogP contribution in [0.25, 0.3) is 0 Å². The Kier molecular flexibility index (Phi) is 13.4. The molecule has 6 nitrogen and oxygen atoms in total. The number of anilines is 1. The van der Waals surface area contributed by atoms with E-state index in [1.807, 2.05) is 44.1 Å². The Balaban J connectivity index is 0.00000308. The molecule has 1 saturated heterocycles. The van der Waals surface area contributed by atoms with Gasteiger partial charge in [-0.1, -0.05) is 18.2 Å². The van der Waals surface area contributed by atoms with E-state index in [-0.39, 0.29) is 42.6 Å². The van der Waals surface area contributed by atoms with Crippen LogP contribution in [-0.2, 0) is 6.54 Å². The molecular weight excluding hydrogens is 588 g/mol. The van der Waals surface area contributed by atoms with Crippen molar-refractivity contribution in [2.45, 2.75) is 45.2 Å². The molecule has 1 fully saturated rings. The van der Waals surface area contributed by atoms with Gasteiger partial charge in [0.2, 0.25) is 0 Å². The van der Waals surface area contributed by atoms with Crippen LogP contribution in [-0.4, -0.2) is 55.6 Å². The third-order valence-electron chi connectivity index (χ3n) is 7.11. The van der Waals surface area contributed by atoms with Crippen molar-refractivity contribution in [3.05, 3.63) is 88.7 Å². The summed E-state index contributed by atoms with van der Waals surface area (Å²) in [5.74, 6) is -2.97. The van der Waals surface area contributed by atoms with E-state index in [1.165, 1.54) is 11.1 Å². The van der Waals surface area contributed by atoms with Crippen molar-refractivity contribution in [3.63, 3.8) is 0 Å². The number of halogens is 5. The molecule has 4 rings (SSSR count). The lowest BCUT2D eigenvalue weighted by Gasteiger charge is -2.33. The number of benzene rings is 3. The summed E-state index contributed by atoms with van der Waals surface area (Å²) < 4.78 is 45.9. The Bertz CT molecular complexity index is 1320.